The third-order valence-corrected chi connectivity index (χ3v) is 1.82. The smallest absolute Gasteiger partial charge is 0.104 e. The van der Waals surface area contributed by atoms with Crippen LogP contribution in [0.15, 0.2) is 0 Å². The fourth-order valence-corrected chi connectivity index (χ4v) is 1.06. The third kappa shape index (κ3) is 1.01. The minimum atomic E-state index is -0.491. The van der Waals surface area contributed by atoms with Crippen LogP contribution in [0.5, 0.6) is 0 Å². The predicted molar refractivity (Wildman–Crippen MR) is 32.5 cm³/mol. The van der Waals surface area contributed by atoms with Gasteiger partial charge in [-0.2, -0.15) is 0 Å². The molecule has 0 heterocycles. The summed E-state index contributed by atoms with van der Waals surface area (Å²) in [6.07, 6.45) is 0.304. The maximum atomic E-state index is 12.3. The van der Waals surface area contributed by atoms with Crippen LogP contribution in [0.3, 0.4) is 0 Å². The molecule has 1 aliphatic rings. The molecule has 0 bridgehead atoms. The van der Waals surface area contributed by atoms with Crippen molar-refractivity contribution in [2.45, 2.75) is 33.4 Å². The van der Waals surface area contributed by atoms with Gasteiger partial charge in [-0.15, -0.1) is 0 Å². The molecular weight excluding hydrogens is 103 g/mol. The Kier molecular flexibility index (Phi) is 1.10. The highest BCUT2D eigenvalue weighted by Crippen LogP contribution is 2.47. The van der Waals surface area contributed by atoms with Crippen molar-refractivity contribution in [1.29, 1.82) is 0 Å². The lowest BCUT2D eigenvalue weighted by atomic mass is 9.90. The van der Waals surface area contributed by atoms with E-state index in [1.54, 1.807) is 0 Å². The molecule has 0 aliphatic heterocycles. The van der Waals surface area contributed by atoms with Crippen LogP contribution in [0.2, 0.25) is 0 Å². The molecule has 0 spiro atoms. The summed E-state index contributed by atoms with van der Waals surface area (Å²) >= 11 is 0. The number of halogens is 1. The van der Waals surface area contributed by atoms with Crippen LogP contribution in [0, 0.1) is 11.3 Å². The molecule has 0 saturated heterocycles. The van der Waals surface area contributed by atoms with Gasteiger partial charge in [0.15, 0.2) is 0 Å². The van der Waals surface area contributed by atoms with E-state index >= 15 is 0 Å². The zero-order chi connectivity index (χ0) is 6.36. The molecule has 0 amide bonds. The van der Waals surface area contributed by atoms with Gasteiger partial charge in [0.1, 0.15) is 6.17 Å². The van der Waals surface area contributed by atoms with E-state index in [4.69, 9.17) is 0 Å². The van der Waals surface area contributed by atoms with Crippen molar-refractivity contribution in [2.24, 2.45) is 11.3 Å². The van der Waals surface area contributed by atoms with Crippen molar-refractivity contribution in [2.75, 3.05) is 0 Å². The summed E-state index contributed by atoms with van der Waals surface area (Å²) in [6.45, 7) is 6.28. The topological polar surface area (TPSA) is 0 Å². The van der Waals surface area contributed by atoms with Crippen molar-refractivity contribution in [1.82, 2.24) is 0 Å². The second-order valence-corrected chi connectivity index (χ2v) is 3.72. The number of hydrogen-bond donors (Lipinski definition) is 0. The van der Waals surface area contributed by atoms with Gasteiger partial charge >= 0.3 is 0 Å². The monoisotopic (exact) mass is 116 g/mol. The molecule has 48 valence electrons. The van der Waals surface area contributed by atoms with Crippen molar-refractivity contribution in [3.8, 4) is 0 Å². The van der Waals surface area contributed by atoms with Crippen molar-refractivity contribution < 1.29 is 4.39 Å². The third-order valence-electron chi connectivity index (χ3n) is 1.82. The van der Waals surface area contributed by atoms with E-state index in [9.17, 15) is 4.39 Å². The predicted octanol–water partition coefficient (Wildman–Crippen LogP) is 2.39. The summed E-state index contributed by atoms with van der Waals surface area (Å²) in [6, 6.07) is 0. The van der Waals surface area contributed by atoms with E-state index in [2.05, 4.69) is 20.8 Å². The molecule has 0 unspecified atom stereocenters. The maximum Gasteiger partial charge on any atom is 0.104 e. The van der Waals surface area contributed by atoms with Crippen LogP contribution in [-0.4, -0.2) is 6.17 Å². The SMILES string of the molecule is CC(C)(C)[C@@H]1C[C@@H]1F. The zero-order valence-corrected chi connectivity index (χ0v) is 5.74. The molecule has 1 saturated carbocycles. The van der Waals surface area contributed by atoms with E-state index in [1.807, 2.05) is 0 Å². The fraction of sp³-hybridized carbons (Fsp3) is 1.00. The van der Waals surface area contributed by atoms with Crippen LogP contribution < -0.4 is 0 Å². The van der Waals surface area contributed by atoms with E-state index < -0.39 is 6.17 Å². The van der Waals surface area contributed by atoms with Gasteiger partial charge in [0.2, 0.25) is 0 Å². The molecule has 1 fully saturated rings. The average molecular weight is 116 g/mol. The van der Waals surface area contributed by atoms with Gasteiger partial charge in [0.05, 0.1) is 0 Å². The number of hydrogen-bond acceptors (Lipinski definition) is 0. The van der Waals surface area contributed by atoms with E-state index in [-0.39, 0.29) is 5.41 Å². The van der Waals surface area contributed by atoms with E-state index in [1.165, 1.54) is 0 Å². The molecule has 0 nitrogen and oxygen atoms in total. The second-order valence-electron chi connectivity index (χ2n) is 3.72. The molecular formula is C7H13F. The quantitative estimate of drug-likeness (QED) is 0.456. The van der Waals surface area contributed by atoms with Gasteiger partial charge in [-0.25, -0.2) is 4.39 Å². The number of rotatable bonds is 0. The Morgan fingerprint density at radius 3 is 1.75 bits per heavy atom. The molecule has 8 heavy (non-hydrogen) atoms. The van der Waals surface area contributed by atoms with Crippen LogP contribution in [-0.2, 0) is 0 Å². The highest BCUT2D eigenvalue weighted by Gasteiger charge is 2.45. The van der Waals surface area contributed by atoms with Gasteiger partial charge in [-0.1, -0.05) is 20.8 Å². The normalized spacial score (nSPS) is 37.5. The first kappa shape index (κ1) is 6.06. The summed E-state index contributed by atoms with van der Waals surface area (Å²) in [4.78, 5) is 0. The Bertz CT molecular complexity index is 91.1. The summed E-state index contributed by atoms with van der Waals surface area (Å²) in [5.41, 5.74) is 0.208. The maximum absolute atomic E-state index is 12.3. The van der Waals surface area contributed by atoms with Crippen molar-refractivity contribution in [3.63, 3.8) is 0 Å². The zero-order valence-electron chi connectivity index (χ0n) is 5.74. The first-order valence-electron chi connectivity index (χ1n) is 3.16. The largest absolute Gasteiger partial charge is 0.247 e. The Morgan fingerprint density at radius 2 is 1.75 bits per heavy atom. The van der Waals surface area contributed by atoms with Crippen LogP contribution in [0.1, 0.15) is 27.2 Å². The Labute approximate surface area is 50.1 Å². The summed E-state index contributed by atoms with van der Waals surface area (Å²) in [5, 5.41) is 0. The van der Waals surface area contributed by atoms with Gasteiger partial charge in [-0.05, 0) is 17.8 Å². The van der Waals surface area contributed by atoms with Crippen LogP contribution in [0.25, 0.3) is 0 Å². The highest BCUT2D eigenvalue weighted by atomic mass is 19.1. The lowest BCUT2D eigenvalue weighted by Crippen LogP contribution is -2.09. The molecule has 0 N–H and O–H groups in total. The molecule has 1 heteroatoms. The molecule has 0 radical (unpaired) electrons. The van der Waals surface area contributed by atoms with Crippen LogP contribution >= 0.6 is 0 Å². The van der Waals surface area contributed by atoms with Gasteiger partial charge < -0.3 is 0 Å². The lowest BCUT2D eigenvalue weighted by Gasteiger charge is -2.15. The minimum Gasteiger partial charge on any atom is -0.247 e. The molecule has 2 atom stereocenters. The summed E-state index contributed by atoms with van der Waals surface area (Å²) in [5.74, 6) is 0.350. The summed E-state index contributed by atoms with van der Waals surface area (Å²) in [7, 11) is 0. The van der Waals surface area contributed by atoms with Crippen LogP contribution in [0.4, 0.5) is 4.39 Å². The Hall–Kier alpha value is -0.0700. The standard InChI is InChI=1S/C7H13F/c1-7(2,3)5-4-6(5)8/h5-6H,4H2,1-3H3/t5-,6+/m1/s1. The van der Waals surface area contributed by atoms with E-state index in [0.29, 0.717) is 5.92 Å². The molecule has 1 rings (SSSR count). The van der Waals surface area contributed by atoms with E-state index in [0.717, 1.165) is 6.42 Å². The van der Waals surface area contributed by atoms with Gasteiger partial charge in [-0.3, -0.25) is 0 Å². The molecule has 1 aliphatic carbocycles. The van der Waals surface area contributed by atoms with Gasteiger partial charge in [0.25, 0.3) is 0 Å². The first-order valence-corrected chi connectivity index (χ1v) is 3.16. The average Bonchev–Trinajstić information content (AvgIpc) is 2.13. The highest BCUT2D eigenvalue weighted by molar-refractivity contribution is 4.94. The fourth-order valence-electron chi connectivity index (χ4n) is 1.06. The molecule has 0 aromatic rings. The summed E-state index contributed by atoms with van der Waals surface area (Å²) < 4.78 is 12.3. The van der Waals surface area contributed by atoms with Crippen molar-refractivity contribution >= 4 is 0 Å². The second kappa shape index (κ2) is 1.46. The Morgan fingerprint density at radius 1 is 1.38 bits per heavy atom. The molecule has 0 aromatic carbocycles. The molecule has 0 aromatic heterocycles. The minimum absolute atomic E-state index is 0.208. The van der Waals surface area contributed by atoms with Crippen molar-refractivity contribution in [3.05, 3.63) is 0 Å². The first-order chi connectivity index (χ1) is 3.52. The Balaban J connectivity index is 2.39. The van der Waals surface area contributed by atoms with Gasteiger partial charge in [0, 0.05) is 0 Å². The number of alkyl halides is 1. The lowest BCUT2D eigenvalue weighted by molar-refractivity contribution is 0.297.